The maximum Gasteiger partial charge on any atom is 0.263 e. The van der Waals surface area contributed by atoms with E-state index in [2.05, 4.69) is 0 Å². The lowest BCUT2D eigenvalue weighted by Gasteiger charge is -2.16. The highest BCUT2D eigenvalue weighted by atomic mass is 32.2. The van der Waals surface area contributed by atoms with Gasteiger partial charge in [-0.1, -0.05) is 11.8 Å². The number of thiophene rings is 1. The Balaban J connectivity index is 1.75. The standard InChI is InChI=1S/C19H24N2O3S2/c1-12(22)8-10-25-19-20-17-16(14-6-2-3-7-15(14)26-17)18(23)21(19)11-13-5-4-9-24-13/h13H,2-11H2,1H3/t13-/m0/s1. The normalized spacial score (nSPS) is 19.8. The van der Waals surface area contributed by atoms with Crippen LogP contribution in [0.5, 0.6) is 0 Å². The zero-order chi connectivity index (χ0) is 18.1. The molecule has 1 aliphatic heterocycles. The van der Waals surface area contributed by atoms with Crippen LogP contribution in [0.4, 0.5) is 0 Å². The molecule has 2 aromatic rings. The number of rotatable bonds is 6. The van der Waals surface area contributed by atoms with E-state index >= 15 is 0 Å². The van der Waals surface area contributed by atoms with Crippen LogP contribution in [0.15, 0.2) is 9.95 Å². The first-order valence-corrected chi connectivity index (χ1v) is 11.2. The maximum atomic E-state index is 13.4. The first kappa shape index (κ1) is 18.2. The number of hydrogen-bond acceptors (Lipinski definition) is 6. The van der Waals surface area contributed by atoms with Gasteiger partial charge in [0.05, 0.1) is 18.0 Å². The number of carbonyl (C=O) groups is 1. The molecular formula is C19H24N2O3S2. The van der Waals surface area contributed by atoms with Crippen molar-refractivity contribution in [3.63, 3.8) is 0 Å². The largest absolute Gasteiger partial charge is 0.376 e. The van der Waals surface area contributed by atoms with Crippen molar-refractivity contribution in [3.05, 3.63) is 20.8 Å². The van der Waals surface area contributed by atoms with E-state index in [0.29, 0.717) is 18.7 Å². The lowest BCUT2D eigenvalue weighted by atomic mass is 9.97. The minimum atomic E-state index is 0.0789. The molecule has 5 nitrogen and oxygen atoms in total. The van der Waals surface area contributed by atoms with Gasteiger partial charge >= 0.3 is 0 Å². The van der Waals surface area contributed by atoms with E-state index in [4.69, 9.17) is 9.72 Å². The van der Waals surface area contributed by atoms with Crippen LogP contribution in [-0.2, 0) is 28.9 Å². The van der Waals surface area contributed by atoms with Gasteiger partial charge in [-0.2, -0.15) is 0 Å². The topological polar surface area (TPSA) is 61.2 Å². The predicted molar refractivity (Wildman–Crippen MR) is 106 cm³/mol. The van der Waals surface area contributed by atoms with E-state index in [1.165, 1.54) is 28.6 Å². The lowest BCUT2D eigenvalue weighted by molar-refractivity contribution is -0.116. The van der Waals surface area contributed by atoms with E-state index in [1.807, 2.05) is 4.57 Å². The van der Waals surface area contributed by atoms with Gasteiger partial charge in [-0.15, -0.1) is 11.3 Å². The van der Waals surface area contributed by atoms with Gasteiger partial charge in [0.25, 0.3) is 5.56 Å². The van der Waals surface area contributed by atoms with Crippen LogP contribution in [0.3, 0.4) is 0 Å². The van der Waals surface area contributed by atoms with Crippen molar-refractivity contribution in [1.82, 2.24) is 9.55 Å². The van der Waals surface area contributed by atoms with Gasteiger partial charge in [0.1, 0.15) is 10.6 Å². The van der Waals surface area contributed by atoms with Gasteiger partial charge in [-0.3, -0.25) is 14.2 Å². The van der Waals surface area contributed by atoms with Crippen molar-refractivity contribution in [2.24, 2.45) is 0 Å². The molecule has 4 rings (SSSR count). The summed E-state index contributed by atoms with van der Waals surface area (Å²) in [5.74, 6) is 0.822. The van der Waals surface area contributed by atoms with Gasteiger partial charge in [-0.05, 0) is 51.0 Å². The van der Waals surface area contributed by atoms with Crippen molar-refractivity contribution >= 4 is 39.1 Å². The fourth-order valence-electron chi connectivity index (χ4n) is 3.77. The molecule has 0 amide bonds. The molecule has 0 aromatic carbocycles. The number of aryl methyl sites for hydroxylation is 2. The molecule has 1 saturated heterocycles. The van der Waals surface area contributed by atoms with Crippen LogP contribution in [0.25, 0.3) is 10.2 Å². The molecule has 7 heteroatoms. The third kappa shape index (κ3) is 3.62. The summed E-state index contributed by atoms with van der Waals surface area (Å²) >= 11 is 3.20. The summed E-state index contributed by atoms with van der Waals surface area (Å²) < 4.78 is 7.58. The Morgan fingerprint density at radius 3 is 2.96 bits per heavy atom. The van der Waals surface area contributed by atoms with Gasteiger partial charge in [0, 0.05) is 23.7 Å². The molecule has 26 heavy (non-hydrogen) atoms. The number of hydrogen-bond donors (Lipinski definition) is 0. The van der Waals surface area contributed by atoms with Crippen LogP contribution in [-0.4, -0.2) is 33.8 Å². The predicted octanol–water partition coefficient (Wildman–Crippen LogP) is 3.59. The Morgan fingerprint density at radius 2 is 2.19 bits per heavy atom. The number of ketones is 1. The van der Waals surface area contributed by atoms with Gasteiger partial charge in [0.15, 0.2) is 5.16 Å². The second kappa shape index (κ2) is 7.82. The number of fused-ring (bicyclic) bond motifs is 3. The number of ether oxygens (including phenoxy) is 1. The van der Waals surface area contributed by atoms with Crippen LogP contribution >= 0.6 is 23.1 Å². The Bertz CT molecular complexity index is 881. The Morgan fingerprint density at radius 1 is 1.35 bits per heavy atom. The summed E-state index contributed by atoms with van der Waals surface area (Å²) in [6.07, 6.45) is 7.04. The summed E-state index contributed by atoms with van der Waals surface area (Å²) in [6, 6.07) is 0. The Kier molecular flexibility index (Phi) is 5.47. The molecule has 0 saturated carbocycles. The van der Waals surface area contributed by atoms with Gasteiger partial charge in [0.2, 0.25) is 0 Å². The van der Waals surface area contributed by atoms with E-state index in [1.54, 1.807) is 18.3 Å². The monoisotopic (exact) mass is 392 g/mol. The van der Waals surface area contributed by atoms with Crippen LogP contribution < -0.4 is 5.56 Å². The SMILES string of the molecule is CC(=O)CCSc1nc2sc3c(c2c(=O)n1C[C@@H]1CCCO1)CCCC3. The second-order valence-corrected chi connectivity index (χ2v) is 9.28. The average molecular weight is 393 g/mol. The third-order valence-corrected chi connectivity index (χ3v) is 7.30. The smallest absolute Gasteiger partial charge is 0.263 e. The minimum Gasteiger partial charge on any atom is -0.376 e. The first-order valence-electron chi connectivity index (χ1n) is 9.42. The quantitative estimate of drug-likeness (QED) is 0.555. The average Bonchev–Trinajstić information content (AvgIpc) is 3.25. The molecule has 0 spiro atoms. The zero-order valence-electron chi connectivity index (χ0n) is 15.1. The van der Waals surface area contributed by atoms with Crippen molar-refractivity contribution in [1.29, 1.82) is 0 Å². The molecule has 140 valence electrons. The van der Waals surface area contributed by atoms with Crippen molar-refractivity contribution in [3.8, 4) is 0 Å². The van der Waals surface area contributed by atoms with E-state index < -0.39 is 0 Å². The number of nitrogens with zero attached hydrogens (tertiary/aromatic N) is 2. The summed E-state index contributed by atoms with van der Waals surface area (Å²) in [5, 5.41) is 1.57. The number of thioether (sulfide) groups is 1. The van der Waals surface area contributed by atoms with Crippen molar-refractivity contribution in [2.75, 3.05) is 12.4 Å². The number of carbonyl (C=O) groups excluding carboxylic acids is 1. The van der Waals surface area contributed by atoms with Gasteiger partial charge in [-0.25, -0.2) is 4.98 Å². The van der Waals surface area contributed by atoms with E-state index in [9.17, 15) is 9.59 Å². The number of Topliss-reactive ketones (excluding diaryl/α,β-unsaturated/α-hetero) is 1. The number of aromatic nitrogens is 2. The zero-order valence-corrected chi connectivity index (χ0v) is 16.7. The van der Waals surface area contributed by atoms with Crippen molar-refractivity contribution < 1.29 is 9.53 Å². The molecule has 0 N–H and O–H groups in total. The van der Waals surface area contributed by atoms with Crippen LogP contribution in [0.2, 0.25) is 0 Å². The fourth-order valence-corrected chi connectivity index (χ4v) is 6.12. The van der Waals surface area contributed by atoms with Crippen LogP contribution in [0.1, 0.15) is 49.5 Å². The van der Waals surface area contributed by atoms with Crippen LogP contribution in [0, 0.1) is 0 Å². The molecule has 0 bridgehead atoms. The molecule has 0 unspecified atom stereocenters. The summed E-state index contributed by atoms with van der Waals surface area (Å²) in [6.45, 7) is 2.94. The molecule has 0 radical (unpaired) electrons. The third-order valence-electron chi connectivity index (χ3n) is 5.14. The second-order valence-electron chi connectivity index (χ2n) is 7.14. The Labute approximate surface area is 161 Å². The molecule has 1 atom stereocenters. The molecule has 1 aliphatic carbocycles. The maximum absolute atomic E-state index is 13.4. The molecular weight excluding hydrogens is 368 g/mol. The first-order chi connectivity index (χ1) is 12.6. The molecule has 1 fully saturated rings. The summed E-state index contributed by atoms with van der Waals surface area (Å²) in [4.78, 5) is 31.7. The molecule has 2 aliphatic rings. The summed E-state index contributed by atoms with van der Waals surface area (Å²) in [7, 11) is 0. The fraction of sp³-hybridized carbons (Fsp3) is 0.632. The highest BCUT2D eigenvalue weighted by Crippen LogP contribution is 2.35. The summed E-state index contributed by atoms with van der Waals surface area (Å²) in [5.41, 5.74) is 1.31. The lowest BCUT2D eigenvalue weighted by Crippen LogP contribution is -2.29. The minimum absolute atomic E-state index is 0.0789. The van der Waals surface area contributed by atoms with E-state index in [-0.39, 0.29) is 17.4 Å². The Hall–Kier alpha value is -1.18. The highest BCUT2D eigenvalue weighted by Gasteiger charge is 2.24. The van der Waals surface area contributed by atoms with E-state index in [0.717, 1.165) is 54.1 Å². The van der Waals surface area contributed by atoms with Gasteiger partial charge < -0.3 is 4.74 Å². The highest BCUT2D eigenvalue weighted by molar-refractivity contribution is 7.99. The van der Waals surface area contributed by atoms with Crippen molar-refractivity contribution in [2.45, 2.75) is 69.7 Å². The molecule has 2 aromatic heterocycles. The molecule has 3 heterocycles.